The molecule has 0 spiro atoms. The van der Waals surface area contributed by atoms with Gasteiger partial charge >= 0.3 is 0 Å². The second-order valence-corrected chi connectivity index (χ2v) is 5.84. The van der Waals surface area contributed by atoms with Crippen LogP contribution in [0.1, 0.15) is 20.3 Å². The van der Waals surface area contributed by atoms with Gasteiger partial charge in [-0.05, 0) is 24.5 Å². The van der Waals surface area contributed by atoms with Crippen molar-refractivity contribution in [2.45, 2.75) is 25.4 Å². The van der Waals surface area contributed by atoms with Gasteiger partial charge in [-0.3, -0.25) is 4.79 Å². The summed E-state index contributed by atoms with van der Waals surface area (Å²) in [5, 5.41) is 3.71. The Balaban J connectivity index is 1.80. The molecule has 1 heterocycles. The third-order valence-corrected chi connectivity index (χ3v) is 3.62. The molecule has 0 unspecified atom stereocenters. The number of benzene rings is 1. The molecule has 0 aliphatic heterocycles. The largest absolute Gasteiger partial charge is 0.355 e. The van der Waals surface area contributed by atoms with Crippen molar-refractivity contribution in [3.8, 4) is 0 Å². The summed E-state index contributed by atoms with van der Waals surface area (Å²) in [7, 11) is 0. The number of hydrogen-bond donors (Lipinski definition) is 2. The predicted octanol–water partition coefficient (Wildman–Crippen LogP) is 2.82. The zero-order valence-corrected chi connectivity index (χ0v) is 12.1. The molecule has 1 aromatic heterocycles. The van der Waals surface area contributed by atoms with E-state index in [-0.39, 0.29) is 5.91 Å². The molecule has 102 valence electrons. The van der Waals surface area contributed by atoms with Crippen LogP contribution in [0.3, 0.4) is 0 Å². The number of carbonyl (C=O) groups is 1. The van der Waals surface area contributed by atoms with Gasteiger partial charge in [0, 0.05) is 6.54 Å². The molecule has 4 nitrogen and oxygen atoms in total. The van der Waals surface area contributed by atoms with Gasteiger partial charge < -0.3 is 10.3 Å². The summed E-state index contributed by atoms with van der Waals surface area (Å²) in [6.07, 6.45) is 1.01. The van der Waals surface area contributed by atoms with Crippen molar-refractivity contribution >= 4 is 28.7 Å². The molecule has 0 saturated heterocycles. The highest BCUT2D eigenvalue weighted by atomic mass is 32.2. The standard InChI is InChI=1S/C14H19N3OS/c1-10(2)7-8-15-13(18)9-19-14-16-11-5-3-4-6-12(11)17-14/h3-6,10H,7-9H2,1-2H3,(H,15,18)(H,16,17). The summed E-state index contributed by atoms with van der Waals surface area (Å²) in [5.74, 6) is 1.08. The van der Waals surface area contributed by atoms with Crippen LogP contribution >= 0.6 is 11.8 Å². The predicted molar refractivity (Wildman–Crippen MR) is 79.3 cm³/mol. The van der Waals surface area contributed by atoms with Gasteiger partial charge in [-0.2, -0.15) is 0 Å². The average Bonchev–Trinajstić information content (AvgIpc) is 2.78. The SMILES string of the molecule is CC(C)CCNC(=O)CSc1nc2ccccc2[nH]1. The number of nitrogens with one attached hydrogen (secondary N) is 2. The molecule has 1 amide bonds. The number of nitrogens with zero attached hydrogens (tertiary/aromatic N) is 1. The fraction of sp³-hybridized carbons (Fsp3) is 0.429. The van der Waals surface area contributed by atoms with Gasteiger partial charge in [-0.25, -0.2) is 4.98 Å². The van der Waals surface area contributed by atoms with Crippen molar-refractivity contribution in [3.05, 3.63) is 24.3 Å². The van der Waals surface area contributed by atoms with Gasteiger partial charge in [0.05, 0.1) is 16.8 Å². The number of rotatable bonds is 6. The molecule has 0 atom stereocenters. The van der Waals surface area contributed by atoms with Crippen LogP contribution in [0.4, 0.5) is 0 Å². The number of aromatic nitrogens is 2. The van der Waals surface area contributed by atoms with E-state index in [0.29, 0.717) is 11.7 Å². The Bertz CT molecular complexity index is 517. The molecule has 19 heavy (non-hydrogen) atoms. The molecule has 1 aromatic carbocycles. The lowest BCUT2D eigenvalue weighted by Crippen LogP contribution is -2.26. The maximum Gasteiger partial charge on any atom is 0.230 e. The van der Waals surface area contributed by atoms with E-state index in [1.807, 2.05) is 24.3 Å². The van der Waals surface area contributed by atoms with Crippen molar-refractivity contribution in [2.24, 2.45) is 5.92 Å². The van der Waals surface area contributed by atoms with E-state index in [0.717, 1.165) is 29.2 Å². The van der Waals surface area contributed by atoms with Crippen molar-refractivity contribution in [1.29, 1.82) is 0 Å². The number of para-hydroxylation sites is 2. The number of carbonyl (C=O) groups excluding carboxylic acids is 1. The van der Waals surface area contributed by atoms with Crippen molar-refractivity contribution < 1.29 is 4.79 Å². The van der Waals surface area contributed by atoms with E-state index >= 15 is 0 Å². The first kappa shape index (κ1) is 13.9. The van der Waals surface area contributed by atoms with Crippen molar-refractivity contribution in [2.75, 3.05) is 12.3 Å². The van der Waals surface area contributed by atoms with Crippen LogP contribution in [0.15, 0.2) is 29.4 Å². The minimum atomic E-state index is 0.0612. The monoisotopic (exact) mass is 277 g/mol. The first-order valence-corrected chi connectivity index (χ1v) is 7.48. The second-order valence-electron chi connectivity index (χ2n) is 4.88. The molecule has 0 aliphatic carbocycles. The van der Waals surface area contributed by atoms with E-state index < -0.39 is 0 Å². The quantitative estimate of drug-likeness (QED) is 0.798. The zero-order chi connectivity index (χ0) is 13.7. The smallest absolute Gasteiger partial charge is 0.230 e. The fourth-order valence-corrected chi connectivity index (χ4v) is 2.40. The Morgan fingerprint density at radius 1 is 1.42 bits per heavy atom. The lowest BCUT2D eigenvalue weighted by atomic mass is 10.1. The van der Waals surface area contributed by atoms with E-state index in [1.165, 1.54) is 11.8 Å². The Morgan fingerprint density at radius 3 is 2.95 bits per heavy atom. The van der Waals surface area contributed by atoms with Gasteiger partial charge in [-0.15, -0.1) is 0 Å². The first-order chi connectivity index (χ1) is 9.15. The van der Waals surface area contributed by atoms with Crippen LogP contribution < -0.4 is 5.32 Å². The third-order valence-electron chi connectivity index (χ3n) is 2.75. The Labute approximate surface area is 117 Å². The summed E-state index contributed by atoms with van der Waals surface area (Å²) in [6, 6.07) is 7.86. The topological polar surface area (TPSA) is 57.8 Å². The molecule has 0 bridgehead atoms. The summed E-state index contributed by atoms with van der Waals surface area (Å²) in [6.45, 7) is 5.04. The van der Waals surface area contributed by atoms with E-state index in [2.05, 4.69) is 29.1 Å². The van der Waals surface area contributed by atoms with Crippen LogP contribution in [0.5, 0.6) is 0 Å². The van der Waals surface area contributed by atoms with Gasteiger partial charge in [0.25, 0.3) is 0 Å². The zero-order valence-electron chi connectivity index (χ0n) is 11.3. The minimum absolute atomic E-state index is 0.0612. The molecule has 0 fully saturated rings. The highest BCUT2D eigenvalue weighted by Crippen LogP contribution is 2.18. The summed E-state index contributed by atoms with van der Waals surface area (Å²) in [4.78, 5) is 19.3. The molecule has 2 aromatic rings. The van der Waals surface area contributed by atoms with Crippen molar-refractivity contribution in [1.82, 2.24) is 15.3 Å². The lowest BCUT2D eigenvalue weighted by Gasteiger charge is -2.06. The highest BCUT2D eigenvalue weighted by Gasteiger charge is 2.06. The molecule has 2 rings (SSSR count). The van der Waals surface area contributed by atoms with Gasteiger partial charge in [0.2, 0.25) is 5.91 Å². The maximum absolute atomic E-state index is 11.6. The number of amides is 1. The van der Waals surface area contributed by atoms with Crippen LogP contribution in [0.25, 0.3) is 11.0 Å². The van der Waals surface area contributed by atoms with Crippen LogP contribution in [-0.4, -0.2) is 28.2 Å². The van der Waals surface area contributed by atoms with Crippen LogP contribution in [0, 0.1) is 5.92 Å². The molecular formula is C14H19N3OS. The first-order valence-electron chi connectivity index (χ1n) is 6.49. The summed E-state index contributed by atoms with van der Waals surface area (Å²) in [5.41, 5.74) is 1.94. The molecule has 2 N–H and O–H groups in total. The highest BCUT2D eigenvalue weighted by molar-refractivity contribution is 7.99. The Kier molecular flexibility index (Phi) is 4.85. The average molecular weight is 277 g/mol. The summed E-state index contributed by atoms with van der Waals surface area (Å²) >= 11 is 1.43. The molecular weight excluding hydrogens is 258 g/mol. The number of thioether (sulfide) groups is 1. The molecule has 0 saturated carbocycles. The molecule has 5 heteroatoms. The van der Waals surface area contributed by atoms with E-state index in [4.69, 9.17) is 0 Å². The number of hydrogen-bond acceptors (Lipinski definition) is 3. The van der Waals surface area contributed by atoms with Gasteiger partial charge in [0.1, 0.15) is 0 Å². The number of H-pyrrole nitrogens is 1. The van der Waals surface area contributed by atoms with E-state index in [1.54, 1.807) is 0 Å². The van der Waals surface area contributed by atoms with Gasteiger partial charge in [0.15, 0.2) is 5.16 Å². The molecule has 0 radical (unpaired) electrons. The van der Waals surface area contributed by atoms with Gasteiger partial charge in [-0.1, -0.05) is 37.7 Å². The maximum atomic E-state index is 11.6. The second kappa shape index (κ2) is 6.61. The van der Waals surface area contributed by atoms with E-state index in [9.17, 15) is 4.79 Å². The van der Waals surface area contributed by atoms with Crippen LogP contribution in [0.2, 0.25) is 0 Å². The van der Waals surface area contributed by atoms with Crippen LogP contribution in [-0.2, 0) is 4.79 Å². The summed E-state index contributed by atoms with van der Waals surface area (Å²) < 4.78 is 0. The Morgan fingerprint density at radius 2 is 2.21 bits per heavy atom. The number of fused-ring (bicyclic) bond motifs is 1. The number of imidazole rings is 1. The minimum Gasteiger partial charge on any atom is -0.355 e. The van der Waals surface area contributed by atoms with Crippen molar-refractivity contribution in [3.63, 3.8) is 0 Å². The Hall–Kier alpha value is -1.49. The third kappa shape index (κ3) is 4.28. The number of aromatic amines is 1. The normalized spacial score (nSPS) is 11.1. The fourth-order valence-electron chi connectivity index (χ4n) is 1.68. The lowest BCUT2D eigenvalue weighted by molar-refractivity contribution is -0.118. The molecule has 0 aliphatic rings.